The molecule has 2 N–H and O–H groups in total. The number of halogens is 1. The average Bonchev–Trinajstić information content (AvgIpc) is 2.30. The predicted molar refractivity (Wildman–Crippen MR) is 60.9 cm³/mol. The van der Waals surface area contributed by atoms with Gasteiger partial charge in [0, 0.05) is 32.0 Å². The summed E-state index contributed by atoms with van der Waals surface area (Å²) in [7, 11) is 0. The number of hydrogen-bond donors (Lipinski definition) is 2. The number of aromatic nitrogens is 2. The number of carboxylic acids is 1. The Bertz CT molecular complexity index is 349. The summed E-state index contributed by atoms with van der Waals surface area (Å²) < 4.78 is 0. The van der Waals surface area contributed by atoms with Crippen molar-refractivity contribution in [2.24, 2.45) is 0 Å². The third kappa shape index (κ3) is 2.59. The Labute approximate surface area is 99.1 Å². The fourth-order valence-corrected chi connectivity index (χ4v) is 1.64. The number of nitrogens with zero attached hydrogens (tertiary/aromatic N) is 3. The molecule has 88 valence electrons. The van der Waals surface area contributed by atoms with E-state index in [9.17, 15) is 4.79 Å². The molecule has 1 saturated heterocycles. The molecule has 1 aromatic heterocycles. The van der Waals surface area contributed by atoms with Crippen molar-refractivity contribution in [3.63, 3.8) is 0 Å². The maximum atomic E-state index is 11.0. The van der Waals surface area contributed by atoms with Crippen LogP contribution in [0.15, 0.2) is 18.6 Å². The first-order valence-corrected chi connectivity index (χ1v) is 4.75. The van der Waals surface area contributed by atoms with Crippen LogP contribution in [0.4, 0.5) is 5.82 Å². The first-order chi connectivity index (χ1) is 7.29. The van der Waals surface area contributed by atoms with Crippen molar-refractivity contribution in [1.82, 2.24) is 15.3 Å². The van der Waals surface area contributed by atoms with Crippen LogP contribution >= 0.6 is 12.4 Å². The molecule has 1 aromatic rings. The quantitative estimate of drug-likeness (QED) is 0.748. The lowest BCUT2D eigenvalue weighted by Crippen LogP contribution is -2.55. The van der Waals surface area contributed by atoms with E-state index in [1.54, 1.807) is 23.5 Å². The third-order valence-corrected chi connectivity index (χ3v) is 2.37. The summed E-state index contributed by atoms with van der Waals surface area (Å²) in [4.78, 5) is 20.8. The second-order valence-corrected chi connectivity index (χ2v) is 3.32. The van der Waals surface area contributed by atoms with E-state index >= 15 is 0 Å². The third-order valence-electron chi connectivity index (χ3n) is 2.37. The zero-order chi connectivity index (χ0) is 10.7. The summed E-state index contributed by atoms with van der Waals surface area (Å²) >= 11 is 0. The number of hydrogen-bond acceptors (Lipinski definition) is 5. The van der Waals surface area contributed by atoms with Gasteiger partial charge in [-0.2, -0.15) is 0 Å². The van der Waals surface area contributed by atoms with Gasteiger partial charge in [-0.3, -0.25) is 4.98 Å². The van der Waals surface area contributed by atoms with Crippen LogP contribution in [-0.2, 0) is 4.79 Å². The van der Waals surface area contributed by atoms with Crippen molar-refractivity contribution >= 4 is 24.2 Å². The standard InChI is InChI=1S/C9H12N4O2.ClH/c14-9(15)7-5-11-3-4-13(7)8-6-10-1-2-12-8;/h1-2,6-7,11H,3-5H2,(H,14,15);1H. The second kappa shape index (κ2) is 5.62. The van der Waals surface area contributed by atoms with Crippen LogP contribution in [0.3, 0.4) is 0 Å². The molecule has 1 aliphatic rings. The van der Waals surface area contributed by atoms with Gasteiger partial charge in [-0.15, -0.1) is 12.4 Å². The summed E-state index contributed by atoms with van der Waals surface area (Å²) in [6.07, 6.45) is 4.72. The monoisotopic (exact) mass is 244 g/mol. The van der Waals surface area contributed by atoms with Gasteiger partial charge in [-0.1, -0.05) is 0 Å². The molecule has 0 aromatic carbocycles. The number of carbonyl (C=O) groups is 1. The maximum Gasteiger partial charge on any atom is 0.327 e. The summed E-state index contributed by atoms with van der Waals surface area (Å²) in [6, 6.07) is -0.560. The smallest absolute Gasteiger partial charge is 0.327 e. The molecule has 0 radical (unpaired) electrons. The largest absolute Gasteiger partial charge is 0.480 e. The minimum Gasteiger partial charge on any atom is -0.480 e. The molecule has 2 rings (SSSR count). The summed E-state index contributed by atoms with van der Waals surface area (Å²) in [5.74, 6) is -0.223. The minimum absolute atomic E-state index is 0. The molecule has 0 amide bonds. The highest BCUT2D eigenvalue weighted by molar-refractivity contribution is 5.85. The van der Waals surface area contributed by atoms with Crippen LogP contribution < -0.4 is 10.2 Å². The van der Waals surface area contributed by atoms with Gasteiger partial charge < -0.3 is 15.3 Å². The molecule has 0 bridgehead atoms. The van der Waals surface area contributed by atoms with Crippen molar-refractivity contribution in [2.75, 3.05) is 24.5 Å². The van der Waals surface area contributed by atoms with E-state index in [1.165, 1.54) is 0 Å². The molecule has 0 saturated carbocycles. The number of nitrogens with one attached hydrogen (secondary N) is 1. The highest BCUT2D eigenvalue weighted by Crippen LogP contribution is 2.13. The van der Waals surface area contributed by atoms with E-state index in [0.717, 1.165) is 6.54 Å². The number of aliphatic carboxylic acids is 1. The zero-order valence-corrected chi connectivity index (χ0v) is 9.35. The van der Waals surface area contributed by atoms with E-state index in [4.69, 9.17) is 5.11 Å². The first-order valence-electron chi connectivity index (χ1n) is 4.75. The van der Waals surface area contributed by atoms with E-state index in [-0.39, 0.29) is 12.4 Å². The maximum absolute atomic E-state index is 11.0. The highest BCUT2D eigenvalue weighted by atomic mass is 35.5. The van der Waals surface area contributed by atoms with Gasteiger partial charge in [-0.25, -0.2) is 9.78 Å². The number of rotatable bonds is 2. The number of anilines is 1. The number of piperazine rings is 1. The van der Waals surface area contributed by atoms with Gasteiger partial charge in [-0.05, 0) is 0 Å². The van der Waals surface area contributed by atoms with Crippen molar-refractivity contribution in [1.29, 1.82) is 0 Å². The zero-order valence-electron chi connectivity index (χ0n) is 8.54. The van der Waals surface area contributed by atoms with Crippen LogP contribution in [0.5, 0.6) is 0 Å². The van der Waals surface area contributed by atoms with E-state index in [1.807, 2.05) is 0 Å². The molecule has 1 fully saturated rings. The lowest BCUT2D eigenvalue weighted by atomic mass is 10.2. The van der Waals surface area contributed by atoms with Gasteiger partial charge in [0.25, 0.3) is 0 Å². The Morgan fingerprint density at radius 3 is 3.00 bits per heavy atom. The minimum atomic E-state index is -0.840. The Hall–Kier alpha value is -1.40. The van der Waals surface area contributed by atoms with Crippen LogP contribution in [0, 0.1) is 0 Å². The average molecular weight is 245 g/mol. The van der Waals surface area contributed by atoms with Crippen LogP contribution in [0.2, 0.25) is 0 Å². The van der Waals surface area contributed by atoms with E-state index in [0.29, 0.717) is 18.9 Å². The molecule has 6 nitrogen and oxygen atoms in total. The van der Waals surface area contributed by atoms with Crippen molar-refractivity contribution in [3.05, 3.63) is 18.6 Å². The molecule has 0 spiro atoms. The lowest BCUT2D eigenvalue weighted by molar-refractivity contribution is -0.138. The Balaban J connectivity index is 0.00000128. The van der Waals surface area contributed by atoms with E-state index < -0.39 is 12.0 Å². The summed E-state index contributed by atoms with van der Waals surface area (Å²) in [6.45, 7) is 1.84. The Kier molecular flexibility index (Phi) is 4.45. The topological polar surface area (TPSA) is 78.4 Å². The molecular formula is C9H13ClN4O2. The van der Waals surface area contributed by atoms with E-state index in [2.05, 4.69) is 15.3 Å². The van der Waals surface area contributed by atoms with Gasteiger partial charge in [0.15, 0.2) is 0 Å². The van der Waals surface area contributed by atoms with Crippen LogP contribution in [-0.4, -0.2) is 46.7 Å². The first kappa shape index (κ1) is 12.7. The Morgan fingerprint density at radius 1 is 1.56 bits per heavy atom. The van der Waals surface area contributed by atoms with Crippen molar-refractivity contribution < 1.29 is 9.90 Å². The normalized spacial score (nSPS) is 20.0. The second-order valence-electron chi connectivity index (χ2n) is 3.32. The SMILES string of the molecule is Cl.O=C(O)C1CNCCN1c1cnccn1. The molecule has 16 heavy (non-hydrogen) atoms. The fraction of sp³-hybridized carbons (Fsp3) is 0.444. The van der Waals surface area contributed by atoms with Gasteiger partial charge in [0.2, 0.25) is 0 Å². The Morgan fingerprint density at radius 2 is 2.38 bits per heavy atom. The van der Waals surface area contributed by atoms with Gasteiger partial charge in [0.1, 0.15) is 11.9 Å². The molecule has 1 unspecified atom stereocenters. The highest BCUT2D eigenvalue weighted by Gasteiger charge is 2.29. The van der Waals surface area contributed by atoms with Gasteiger partial charge in [0.05, 0.1) is 6.20 Å². The molecule has 2 heterocycles. The fourth-order valence-electron chi connectivity index (χ4n) is 1.64. The van der Waals surface area contributed by atoms with Crippen LogP contribution in [0.1, 0.15) is 0 Å². The predicted octanol–water partition coefficient (Wildman–Crippen LogP) is -0.239. The molecule has 7 heteroatoms. The summed E-state index contributed by atoms with van der Waals surface area (Å²) in [5, 5.41) is 12.1. The number of carboxylic acid groups (broad SMARTS) is 1. The molecule has 1 atom stereocenters. The molecular weight excluding hydrogens is 232 g/mol. The molecule has 0 aliphatic carbocycles. The van der Waals surface area contributed by atoms with Crippen molar-refractivity contribution in [2.45, 2.75) is 6.04 Å². The van der Waals surface area contributed by atoms with Crippen molar-refractivity contribution in [3.8, 4) is 0 Å². The summed E-state index contributed by atoms with van der Waals surface area (Å²) in [5.41, 5.74) is 0. The van der Waals surface area contributed by atoms with Crippen LogP contribution in [0.25, 0.3) is 0 Å². The lowest BCUT2D eigenvalue weighted by Gasteiger charge is -2.33. The molecule has 1 aliphatic heterocycles. The van der Waals surface area contributed by atoms with Gasteiger partial charge >= 0.3 is 5.97 Å².